The topological polar surface area (TPSA) is 54.0 Å². The molecule has 1 aromatic heterocycles. The number of carbonyl (C=O) groups is 1. The lowest BCUT2D eigenvalue weighted by atomic mass is 10.1. The predicted molar refractivity (Wildman–Crippen MR) is 81.0 cm³/mol. The summed E-state index contributed by atoms with van der Waals surface area (Å²) in [7, 11) is 0. The van der Waals surface area contributed by atoms with Crippen LogP contribution >= 0.6 is 0 Å². The van der Waals surface area contributed by atoms with E-state index in [0.717, 1.165) is 17.8 Å². The van der Waals surface area contributed by atoms with E-state index in [1.54, 1.807) is 24.3 Å². The van der Waals surface area contributed by atoms with Crippen molar-refractivity contribution >= 4 is 11.6 Å². The summed E-state index contributed by atoms with van der Waals surface area (Å²) in [5.41, 5.74) is 0.672. The van der Waals surface area contributed by atoms with Crippen molar-refractivity contribution in [2.24, 2.45) is 0 Å². The number of carbonyl (C=O) groups excluding carboxylic acids is 1. The Morgan fingerprint density at radius 1 is 1.22 bits per heavy atom. The molecule has 122 valence electrons. The minimum atomic E-state index is -4.48. The van der Waals surface area contributed by atoms with E-state index in [4.69, 9.17) is 0 Å². The van der Waals surface area contributed by atoms with Crippen molar-refractivity contribution < 1.29 is 18.0 Å². The third-order valence-electron chi connectivity index (χ3n) is 3.07. The number of benzene rings is 1. The van der Waals surface area contributed by atoms with Gasteiger partial charge in [-0.15, -0.1) is 0 Å². The summed E-state index contributed by atoms with van der Waals surface area (Å²) in [6, 6.07) is 9.32. The maximum Gasteiger partial charge on any atom is 0.433 e. The first-order chi connectivity index (χ1) is 10.9. The first kappa shape index (κ1) is 16.8. The molecule has 2 rings (SSSR count). The second kappa shape index (κ2) is 7.13. The Morgan fingerprint density at radius 2 is 2.00 bits per heavy atom. The highest BCUT2D eigenvalue weighted by Gasteiger charge is 2.32. The molecule has 0 radical (unpaired) electrons. The zero-order valence-corrected chi connectivity index (χ0v) is 12.4. The monoisotopic (exact) mass is 323 g/mol. The number of hydrogen-bond acceptors (Lipinski definition) is 3. The Balaban J connectivity index is 2.07. The first-order valence-corrected chi connectivity index (χ1v) is 7.04. The van der Waals surface area contributed by atoms with Gasteiger partial charge in [0.1, 0.15) is 5.69 Å². The van der Waals surface area contributed by atoms with Crippen LogP contribution in [-0.2, 0) is 12.7 Å². The van der Waals surface area contributed by atoms with Crippen LogP contribution in [0.1, 0.15) is 28.5 Å². The molecule has 4 nitrogen and oxygen atoms in total. The molecule has 0 aliphatic carbocycles. The summed E-state index contributed by atoms with van der Waals surface area (Å²) in [6.07, 6.45) is -3.37. The lowest BCUT2D eigenvalue weighted by Gasteiger charge is -2.10. The number of nitrogens with one attached hydrogen (secondary N) is 2. The van der Waals surface area contributed by atoms with E-state index in [2.05, 4.69) is 15.6 Å². The largest absolute Gasteiger partial charge is 0.433 e. The molecule has 0 unspecified atom stereocenters. The van der Waals surface area contributed by atoms with Gasteiger partial charge in [-0.05, 0) is 36.8 Å². The van der Waals surface area contributed by atoms with Crippen molar-refractivity contribution in [2.45, 2.75) is 19.6 Å². The Bertz CT molecular complexity index is 686. The molecule has 1 heterocycles. The Morgan fingerprint density at radius 3 is 2.70 bits per heavy atom. The second-order valence-electron chi connectivity index (χ2n) is 4.84. The van der Waals surface area contributed by atoms with Crippen LogP contribution < -0.4 is 10.6 Å². The zero-order chi connectivity index (χ0) is 16.9. The number of nitrogens with zero attached hydrogens (tertiary/aromatic N) is 1. The fraction of sp³-hybridized carbons (Fsp3) is 0.250. The predicted octanol–water partition coefficient (Wildman–Crippen LogP) is 3.46. The summed E-state index contributed by atoms with van der Waals surface area (Å²) in [5.74, 6) is -0.183. The molecule has 1 aromatic carbocycles. The number of halogens is 3. The van der Waals surface area contributed by atoms with Crippen molar-refractivity contribution in [3.05, 3.63) is 59.4 Å². The standard InChI is InChI=1S/C16H16F3N3O/c1-2-20-15(23)12-5-3-4-11(8-12)10-22-13-6-7-21-14(9-13)16(17,18)19/h3-9H,2,10H2,1H3,(H,20,23)(H,21,22). The molecule has 0 aliphatic heterocycles. The number of anilines is 1. The minimum absolute atomic E-state index is 0.183. The molecule has 23 heavy (non-hydrogen) atoms. The van der Waals surface area contributed by atoms with Crippen LogP contribution in [0, 0.1) is 0 Å². The van der Waals surface area contributed by atoms with E-state index >= 15 is 0 Å². The van der Waals surface area contributed by atoms with Gasteiger partial charge in [0.05, 0.1) is 0 Å². The molecule has 7 heteroatoms. The van der Waals surface area contributed by atoms with Crippen molar-refractivity contribution in [3.63, 3.8) is 0 Å². The maximum atomic E-state index is 12.6. The highest BCUT2D eigenvalue weighted by atomic mass is 19.4. The van der Waals surface area contributed by atoms with Gasteiger partial charge in [-0.1, -0.05) is 12.1 Å². The number of alkyl halides is 3. The molecule has 0 saturated heterocycles. The van der Waals surface area contributed by atoms with Crippen LogP contribution in [0.25, 0.3) is 0 Å². The summed E-state index contributed by atoms with van der Waals surface area (Å²) < 4.78 is 37.8. The Hall–Kier alpha value is -2.57. The molecule has 1 amide bonds. The minimum Gasteiger partial charge on any atom is -0.381 e. The molecule has 2 aromatic rings. The summed E-state index contributed by atoms with van der Waals surface area (Å²) in [4.78, 5) is 15.1. The molecule has 0 bridgehead atoms. The van der Waals surface area contributed by atoms with Crippen molar-refractivity contribution in [1.29, 1.82) is 0 Å². The third-order valence-corrected chi connectivity index (χ3v) is 3.07. The summed E-state index contributed by atoms with van der Waals surface area (Å²) >= 11 is 0. The SMILES string of the molecule is CCNC(=O)c1cccc(CNc2ccnc(C(F)(F)F)c2)c1. The van der Waals surface area contributed by atoms with E-state index < -0.39 is 11.9 Å². The van der Waals surface area contributed by atoms with Crippen LogP contribution in [-0.4, -0.2) is 17.4 Å². The zero-order valence-electron chi connectivity index (χ0n) is 12.4. The van der Waals surface area contributed by atoms with Crippen molar-refractivity contribution in [2.75, 3.05) is 11.9 Å². The van der Waals surface area contributed by atoms with E-state index in [0.29, 0.717) is 24.3 Å². The van der Waals surface area contributed by atoms with Gasteiger partial charge < -0.3 is 10.6 Å². The number of pyridine rings is 1. The summed E-state index contributed by atoms with van der Waals surface area (Å²) in [5, 5.41) is 5.59. The lowest BCUT2D eigenvalue weighted by molar-refractivity contribution is -0.141. The van der Waals surface area contributed by atoms with Crippen LogP contribution in [0.2, 0.25) is 0 Å². The van der Waals surface area contributed by atoms with Crippen LogP contribution in [0.4, 0.5) is 18.9 Å². The molecule has 0 aliphatic rings. The number of hydrogen-bond donors (Lipinski definition) is 2. The van der Waals surface area contributed by atoms with Crippen LogP contribution in [0.15, 0.2) is 42.6 Å². The van der Waals surface area contributed by atoms with Gasteiger partial charge in [-0.2, -0.15) is 13.2 Å². The summed E-state index contributed by atoms with van der Waals surface area (Å²) in [6.45, 7) is 2.65. The fourth-order valence-corrected chi connectivity index (χ4v) is 1.98. The average Bonchev–Trinajstić information content (AvgIpc) is 2.53. The normalized spacial score (nSPS) is 11.1. The molecular formula is C16H16F3N3O. The van der Waals surface area contributed by atoms with Gasteiger partial charge in [-0.3, -0.25) is 9.78 Å². The molecular weight excluding hydrogens is 307 g/mol. The van der Waals surface area contributed by atoms with Gasteiger partial charge in [0, 0.05) is 30.5 Å². The maximum absolute atomic E-state index is 12.6. The van der Waals surface area contributed by atoms with E-state index in [-0.39, 0.29) is 5.91 Å². The Labute approximate surface area is 131 Å². The second-order valence-corrected chi connectivity index (χ2v) is 4.84. The lowest BCUT2D eigenvalue weighted by Crippen LogP contribution is -2.22. The average molecular weight is 323 g/mol. The molecule has 0 spiro atoms. The Kier molecular flexibility index (Phi) is 5.20. The third kappa shape index (κ3) is 4.70. The number of rotatable bonds is 5. The van der Waals surface area contributed by atoms with Gasteiger partial charge in [-0.25, -0.2) is 0 Å². The van der Waals surface area contributed by atoms with Gasteiger partial charge >= 0.3 is 6.18 Å². The van der Waals surface area contributed by atoms with Crippen molar-refractivity contribution in [1.82, 2.24) is 10.3 Å². The van der Waals surface area contributed by atoms with Crippen molar-refractivity contribution in [3.8, 4) is 0 Å². The highest BCUT2D eigenvalue weighted by molar-refractivity contribution is 5.94. The van der Waals surface area contributed by atoms with Crippen LogP contribution in [0.3, 0.4) is 0 Å². The molecule has 0 fully saturated rings. The first-order valence-electron chi connectivity index (χ1n) is 7.04. The fourth-order valence-electron chi connectivity index (χ4n) is 1.98. The number of amides is 1. The van der Waals surface area contributed by atoms with Gasteiger partial charge in [0.2, 0.25) is 0 Å². The molecule has 0 atom stereocenters. The van der Waals surface area contributed by atoms with E-state index in [1.807, 2.05) is 6.92 Å². The molecule has 2 N–H and O–H groups in total. The van der Waals surface area contributed by atoms with Gasteiger partial charge in [0.15, 0.2) is 0 Å². The van der Waals surface area contributed by atoms with E-state index in [9.17, 15) is 18.0 Å². The van der Waals surface area contributed by atoms with E-state index in [1.165, 1.54) is 6.07 Å². The molecule has 0 saturated carbocycles. The number of aromatic nitrogens is 1. The van der Waals surface area contributed by atoms with Crippen LogP contribution in [0.5, 0.6) is 0 Å². The smallest absolute Gasteiger partial charge is 0.381 e. The van der Waals surface area contributed by atoms with Gasteiger partial charge in [0.25, 0.3) is 5.91 Å². The highest BCUT2D eigenvalue weighted by Crippen LogP contribution is 2.28. The quantitative estimate of drug-likeness (QED) is 0.886.